The molecule has 0 N–H and O–H groups in total. The van der Waals surface area contributed by atoms with Crippen molar-refractivity contribution in [3.8, 4) is 0 Å². The van der Waals surface area contributed by atoms with Gasteiger partial charge in [-0.25, -0.2) is 4.98 Å². The Labute approximate surface area is 139 Å². The second kappa shape index (κ2) is 6.78. The van der Waals surface area contributed by atoms with Crippen LogP contribution in [0, 0.1) is 6.92 Å². The summed E-state index contributed by atoms with van der Waals surface area (Å²) in [5, 5.41) is 6.94. The van der Waals surface area contributed by atoms with Crippen LogP contribution in [0.1, 0.15) is 60.9 Å². The SMILES string of the molecule is Cc1noc([C@@H]2CCCN(C(=O)Cc3csc(C(C)C)n3)C2)n1. The van der Waals surface area contributed by atoms with Gasteiger partial charge in [0.1, 0.15) is 0 Å². The van der Waals surface area contributed by atoms with E-state index in [9.17, 15) is 4.79 Å². The molecule has 1 aliphatic heterocycles. The maximum atomic E-state index is 12.6. The number of carbonyl (C=O) groups is 1. The molecular weight excluding hydrogens is 312 g/mol. The molecule has 0 radical (unpaired) electrons. The molecule has 0 bridgehead atoms. The predicted octanol–water partition coefficient (Wildman–Crippen LogP) is 2.91. The molecule has 3 heterocycles. The molecule has 124 valence electrons. The minimum Gasteiger partial charge on any atom is -0.342 e. The van der Waals surface area contributed by atoms with E-state index in [0.717, 1.165) is 30.1 Å². The van der Waals surface area contributed by atoms with Crippen molar-refractivity contribution in [2.45, 2.75) is 51.9 Å². The van der Waals surface area contributed by atoms with Crippen molar-refractivity contribution in [1.29, 1.82) is 0 Å². The first-order chi connectivity index (χ1) is 11.0. The van der Waals surface area contributed by atoms with Gasteiger partial charge in [0.05, 0.1) is 23.0 Å². The van der Waals surface area contributed by atoms with Crippen LogP contribution in [-0.2, 0) is 11.2 Å². The fourth-order valence-electron chi connectivity index (χ4n) is 2.82. The number of piperidine rings is 1. The van der Waals surface area contributed by atoms with Crippen LogP contribution in [0.2, 0.25) is 0 Å². The summed E-state index contributed by atoms with van der Waals surface area (Å²) < 4.78 is 5.27. The van der Waals surface area contributed by atoms with Gasteiger partial charge in [-0.15, -0.1) is 11.3 Å². The summed E-state index contributed by atoms with van der Waals surface area (Å²) >= 11 is 1.63. The number of hydrogen-bond acceptors (Lipinski definition) is 6. The zero-order valence-electron chi connectivity index (χ0n) is 13.8. The lowest BCUT2D eigenvalue weighted by atomic mass is 9.97. The number of carbonyl (C=O) groups excluding carboxylic acids is 1. The highest BCUT2D eigenvalue weighted by atomic mass is 32.1. The van der Waals surface area contributed by atoms with Crippen molar-refractivity contribution >= 4 is 17.2 Å². The highest BCUT2D eigenvalue weighted by Gasteiger charge is 2.28. The Kier molecular flexibility index (Phi) is 4.75. The number of rotatable bonds is 4. The van der Waals surface area contributed by atoms with E-state index in [0.29, 0.717) is 30.6 Å². The number of amides is 1. The molecule has 23 heavy (non-hydrogen) atoms. The Hall–Kier alpha value is -1.76. The van der Waals surface area contributed by atoms with Gasteiger partial charge in [-0.3, -0.25) is 4.79 Å². The smallest absolute Gasteiger partial charge is 0.231 e. The molecule has 6 nitrogen and oxygen atoms in total. The summed E-state index contributed by atoms with van der Waals surface area (Å²) in [4.78, 5) is 23.3. The van der Waals surface area contributed by atoms with E-state index in [1.54, 1.807) is 11.3 Å². The molecule has 0 spiro atoms. The van der Waals surface area contributed by atoms with E-state index in [1.165, 1.54) is 0 Å². The number of hydrogen-bond donors (Lipinski definition) is 0. The van der Waals surface area contributed by atoms with Gasteiger partial charge in [-0.2, -0.15) is 4.98 Å². The first kappa shape index (κ1) is 16.1. The van der Waals surface area contributed by atoms with E-state index in [1.807, 2.05) is 17.2 Å². The Morgan fingerprint density at radius 3 is 2.96 bits per heavy atom. The third-order valence-electron chi connectivity index (χ3n) is 4.06. The molecule has 3 rings (SSSR count). The number of likely N-dealkylation sites (tertiary alicyclic amines) is 1. The Bertz CT molecular complexity index is 679. The van der Waals surface area contributed by atoms with Crippen molar-refractivity contribution in [2.24, 2.45) is 0 Å². The molecule has 1 atom stereocenters. The van der Waals surface area contributed by atoms with E-state index < -0.39 is 0 Å². The average Bonchev–Trinajstić information content (AvgIpc) is 3.16. The topological polar surface area (TPSA) is 72.1 Å². The molecule has 2 aromatic rings. The first-order valence-corrected chi connectivity index (χ1v) is 8.93. The molecular formula is C16H22N4O2S. The fourth-order valence-corrected chi connectivity index (χ4v) is 3.65. The van der Waals surface area contributed by atoms with E-state index in [4.69, 9.17) is 4.52 Å². The molecule has 7 heteroatoms. The van der Waals surface area contributed by atoms with Crippen molar-refractivity contribution in [2.75, 3.05) is 13.1 Å². The van der Waals surface area contributed by atoms with Crippen LogP contribution in [0.4, 0.5) is 0 Å². The second-order valence-electron chi connectivity index (χ2n) is 6.37. The van der Waals surface area contributed by atoms with E-state index in [-0.39, 0.29) is 11.8 Å². The second-order valence-corrected chi connectivity index (χ2v) is 7.26. The number of aryl methyl sites for hydroxylation is 1. The maximum Gasteiger partial charge on any atom is 0.231 e. The Balaban J connectivity index is 1.62. The van der Waals surface area contributed by atoms with Crippen molar-refractivity contribution in [3.63, 3.8) is 0 Å². The molecule has 2 aromatic heterocycles. The van der Waals surface area contributed by atoms with Gasteiger partial charge in [0, 0.05) is 24.4 Å². The van der Waals surface area contributed by atoms with Gasteiger partial charge in [0.2, 0.25) is 11.8 Å². The summed E-state index contributed by atoms with van der Waals surface area (Å²) in [7, 11) is 0. The quantitative estimate of drug-likeness (QED) is 0.859. The third kappa shape index (κ3) is 3.77. The molecule has 1 aliphatic rings. The lowest BCUT2D eigenvalue weighted by molar-refractivity contribution is -0.131. The van der Waals surface area contributed by atoms with Gasteiger partial charge < -0.3 is 9.42 Å². The fraction of sp³-hybridized carbons (Fsp3) is 0.625. The zero-order valence-corrected chi connectivity index (χ0v) is 14.6. The van der Waals surface area contributed by atoms with Gasteiger partial charge >= 0.3 is 0 Å². The molecule has 0 unspecified atom stereocenters. The van der Waals surface area contributed by atoms with Crippen LogP contribution < -0.4 is 0 Å². The van der Waals surface area contributed by atoms with Crippen LogP contribution in [0.25, 0.3) is 0 Å². The van der Waals surface area contributed by atoms with Gasteiger partial charge in [-0.1, -0.05) is 19.0 Å². The zero-order chi connectivity index (χ0) is 16.4. The summed E-state index contributed by atoms with van der Waals surface area (Å²) in [5.41, 5.74) is 0.874. The summed E-state index contributed by atoms with van der Waals surface area (Å²) in [5.74, 6) is 1.98. The van der Waals surface area contributed by atoms with Crippen LogP contribution in [0.15, 0.2) is 9.90 Å². The summed E-state index contributed by atoms with van der Waals surface area (Å²) in [6, 6.07) is 0. The summed E-state index contributed by atoms with van der Waals surface area (Å²) in [6.07, 6.45) is 2.32. The monoisotopic (exact) mass is 334 g/mol. The largest absolute Gasteiger partial charge is 0.342 e. The average molecular weight is 334 g/mol. The van der Waals surface area contributed by atoms with E-state index in [2.05, 4.69) is 29.0 Å². The highest BCUT2D eigenvalue weighted by Crippen LogP contribution is 2.26. The van der Waals surface area contributed by atoms with Crippen molar-refractivity contribution in [1.82, 2.24) is 20.0 Å². The number of thiazole rings is 1. The molecule has 1 fully saturated rings. The van der Waals surface area contributed by atoms with Crippen LogP contribution in [0.5, 0.6) is 0 Å². The number of nitrogens with zero attached hydrogens (tertiary/aromatic N) is 4. The maximum absolute atomic E-state index is 12.6. The van der Waals surface area contributed by atoms with Crippen LogP contribution in [-0.4, -0.2) is 39.0 Å². The van der Waals surface area contributed by atoms with Gasteiger partial charge in [0.15, 0.2) is 5.82 Å². The van der Waals surface area contributed by atoms with Crippen LogP contribution in [0.3, 0.4) is 0 Å². The van der Waals surface area contributed by atoms with Gasteiger partial charge in [-0.05, 0) is 19.8 Å². The standard InChI is InChI=1S/C16H22N4O2S/c1-10(2)16-18-13(9-23-16)7-14(21)20-6-4-5-12(8-20)15-17-11(3)19-22-15/h9-10,12H,4-8H2,1-3H3/t12-/m1/s1. The Morgan fingerprint density at radius 1 is 1.48 bits per heavy atom. The van der Waals surface area contributed by atoms with Gasteiger partial charge in [0.25, 0.3) is 0 Å². The lowest BCUT2D eigenvalue weighted by Gasteiger charge is -2.30. The minimum absolute atomic E-state index is 0.131. The first-order valence-electron chi connectivity index (χ1n) is 8.05. The normalized spacial score (nSPS) is 18.6. The van der Waals surface area contributed by atoms with Crippen molar-refractivity contribution in [3.05, 3.63) is 27.8 Å². The van der Waals surface area contributed by atoms with E-state index >= 15 is 0 Å². The minimum atomic E-state index is 0.131. The Morgan fingerprint density at radius 2 is 2.30 bits per heavy atom. The number of aromatic nitrogens is 3. The van der Waals surface area contributed by atoms with Crippen LogP contribution >= 0.6 is 11.3 Å². The predicted molar refractivity (Wildman–Crippen MR) is 87.5 cm³/mol. The highest BCUT2D eigenvalue weighted by molar-refractivity contribution is 7.09. The molecule has 1 amide bonds. The lowest BCUT2D eigenvalue weighted by Crippen LogP contribution is -2.40. The summed E-state index contributed by atoms with van der Waals surface area (Å²) in [6.45, 7) is 7.50. The third-order valence-corrected chi connectivity index (χ3v) is 5.26. The molecule has 0 saturated carbocycles. The molecule has 1 saturated heterocycles. The van der Waals surface area contributed by atoms with Crippen molar-refractivity contribution < 1.29 is 9.32 Å². The molecule has 0 aliphatic carbocycles. The molecule has 0 aromatic carbocycles.